The summed E-state index contributed by atoms with van der Waals surface area (Å²) in [5.41, 5.74) is 0.0556. The fourth-order valence-electron chi connectivity index (χ4n) is 1.09. The van der Waals surface area contributed by atoms with Crippen LogP contribution in [0.4, 0.5) is 0 Å². The van der Waals surface area contributed by atoms with Crippen LogP contribution in [0.2, 0.25) is 0 Å². The molecule has 1 saturated heterocycles. The summed E-state index contributed by atoms with van der Waals surface area (Å²) in [4.78, 5) is 0. The predicted octanol–water partition coefficient (Wildman–Crippen LogP) is 1.55. The Balaban J connectivity index is 2.45. The smallest absolute Gasteiger partial charge is 0.147 e. The fourth-order valence-corrected chi connectivity index (χ4v) is 1.09. The van der Waals surface area contributed by atoms with Crippen LogP contribution in [0.3, 0.4) is 0 Å². The molecule has 0 aromatic heterocycles. The Morgan fingerprint density at radius 2 is 2.00 bits per heavy atom. The van der Waals surface area contributed by atoms with Crippen LogP contribution in [0.5, 0.6) is 0 Å². The Bertz CT molecular complexity index is 78.9. The van der Waals surface area contributed by atoms with Gasteiger partial charge < -0.3 is 9.47 Å². The van der Waals surface area contributed by atoms with E-state index in [9.17, 15) is 0 Å². The van der Waals surface area contributed by atoms with Crippen molar-refractivity contribution in [3.63, 3.8) is 0 Å². The van der Waals surface area contributed by atoms with E-state index in [1.807, 2.05) is 0 Å². The van der Waals surface area contributed by atoms with E-state index in [0.29, 0.717) is 6.79 Å². The third-order valence-electron chi connectivity index (χ3n) is 2.10. The van der Waals surface area contributed by atoms with Crippen LogP contribution >= 0.6 is 0 Å². The minimum Gasteiger partial charge on any atom is -0.352 e. The standard InChI is InChI=1S/C7H14O2/c1-3-7(4-2)5-8-6-9-7/h3-6H2,1-2H3. The second kappa shape index (κ2) is 2.67. The Labute approximate surface area is 56.2 Å². The van der Waals surface area contributed by atoms with Crippen LogP contribution in [0.1, 0.15) is 26.7 Å². The van der Waals surface area contributed by atoms with E-state index in [0.717, 1.165) is 19.4 Å². The molecular weight excluding hydrogens is 116 g/mol. The number of rotatable bonds is 2. The molecule has 1 fully saturated rings. The normalized spacial score (nSPS) is 24.7. The molecule has 9 heavy (non-hydrogen) atoms. The van der Waals surface area contributed by atoms with Gasteiger partial charge in [-0.15, -0.1) is 0 Å². The summed E-state index contributed by atoms with van der Waals surface area (Å²) in [7, 11) is 0. The molecule has 2 heteroatoms. The first-order valence-corrected chi connectivity index (χ1v) is 3.55. The highest BCUT2D eigenvalue weighted by Crippen LogP contribution is 2.25. The molecule has 0 amide bonds. The molecule has 0 aromatic carbocycles. The Morgan fingerprint density at radius 3 is 2.22 bits per heavy atom. The van der Waals surface area contributed by atoms with Crippen LogP contribution in [0, 0.1) is 0 Å². The molecule has 0 N–H and O–H groups in total. The Kier molecular flexibility index (Phi) is 2.09. The average Bonchev–Trinajstić information content (AvgIpc) is 2.36. The molecule has 0 aromatic rings. The summed E-state index contributed by atoms with van der Waals surface area (Å²) in [6.07, 6.45) is 2.12. The van der Waals surface area contributed by atoms with Crippen LogP contribution in [0.25, 0.3) is 0 Å². The zero-order valence-corrected chi connectivity index (χ0v) is 6.14. The molecule has 1 aliphatic rings. The van der Waals surface area contributed by atoms with Gasteiger partial charge in [-0.05, 0) is 12.8 Å². The molecule has 0 radical (unpaired) electrons. The van der Waals surface area contributed by atoms with Gasteiger partial charge in [-0.3, -0.25) is 0 Å². The van der Waals surface area contributed by atoms with Crippen molar-refractivity contribution in [2.45, 2.75) is 32.3 Å². The van der Waals surface area contributed by atoms with Gasteiger partial charge in [-0.1, -0.05) is 13.8 Å². The average molecular weight is 130 g/mol. The lowest BCUT2D eigenvalue weighted by Gasteiger charge is -2.21. The van der Waals surface area contributed by atoms with Crippen molar-refractivity contribution < 1.29 is 9.47 Å². The Hall–Kier alpha value is -0.0800. The molecule has 0 spiro atoms. The van der Waals surface area contributed by atoms with Crippen LogP contribution in [-0.2, 0) is 9.47 Å². The van der Waals surface area contributed by atoms with E-state index in [4.69, 9.17) is 9.47 Å². The predicted molar refractivity (Wildman–Crippen MR) is 35.2 cm³/mol. The molecule has 54 valence electrons. The summed E-state index contributed by atoms with van der Waals surface area (Å²) in [5.74, 6) is 0. The van der Waals surface area contributed by atoms with E-state index in [1.165, 1.54) is 0 Å². The van der Waals surface area contributed by atoms with Crippen molar-refractivity contribution in [2.24, 2.45) is 0 Å². The van der Waals surface area contributed by atoms with Gasteiger partial charge in [0.15, 0.2) is 0 Å². The van der Waals surface area contributed by atoms with Crippen molar-refractivity contribution in [2.75, 3.05) is 13.4 Å². The van der Waals surface area contributed by atoms with E-state index >= 15 is 0 Å². The maximum atomic E-state index is 5.42. The first-order valence-electron chi connectivity index (χ1n) is 3.55. The van der Waals surface area contributed by atoms with Gasteiger partial charge in [-0.25, -0.2) is 0 Å². The third-order valence-corrected chi connectivity index (χ3v) is 2.10. The zero-order chi connectivity index (χ0) is 6.74. The van der Waals surface area contributed by atoms with Gasteiger partial charge in [0.25, 0.3) is 0 Å². The van der Waals surface area contributed by atoms with E-state index < -0.39 is 0 Å². The highest BCUT2D eigenvalue weighted by atomic mass is 16.7. The van der Waals surface area contributed by atoms with Crippen LogP contribution in [0.15, 0.2) is 0 Å². The number of hydrogen-bond donors (Lipinski definition) is 0. The third kappa shape index (κ3) is 1.25. The van der Waals surface area contributed by atoms with Gasteiger partial charge in [-0.2, -0.15) is 0 Å². The van der Waals surface area contributed by atoms with Gasteiger partial charge in [0.05, 0.1) is 12.2 Å². The largest absolute Gasteiger partial charge is 0.352 e. The lowest BCUT2D eigenvalue weighted by atomic mass is 9.99. The van der Waals surface area contributed by atoms with Crippen LogP contribution < -0.4 is 0 Å². The van der Waals surface area contributed by atoms with Gasteiger partial charge in [0.1, 0.15) is 6.79 Å². The lowest BCUT2D eigenvalue weighted by Crippen LogP contribution is -2.29. The summed E-state index contributed by atoms with van der Waals surface area (Å²) < 4.78 is 10.5. The molecule has 0 saturated carbocycles. The first kappa shape index (κ1) is 7.03. The quantitative estimate of drug-likeness (QED) is 0.564. The summed E-state index contributed by atoms with van der Waals surface area (Å²) in [6.45, 7) is 5.54. The molecule has 1 rings (SSSR count). The van der Waals surface area contributed by atoms with Crippen molar-refractivity contribution in [3.8, 4) is 0 Å². The SMILES string of the molecule is CCC1(CC)COCO1. The van der Waals surface area contributed by atoms with E-state index in [-0.39, 0.29) is 5.60 Å². The minimum absolute atomic E-state index is 0.0556. The fraction of sp³-hybridized carbons (Fsp3) is 1.00. The molecule has 0 atom stereocenters. The zero-order valence-electron chi connectivity index (χ0n) is 6.14. The summed E-state index contributed by atoms with van der Waals surface area (Å²) in [5, 5.41) is 0. The second-order valence-corrected chi connectivity index (χ2v) is 2.50. The molecule has 0 unspecified atom stereocenters. The highest BCUT2D eigenvalue weighted by molar-refractivity contribution is 4.79. The first-order chi connectivity index (χ1) is 4.33. The topological polar surface area (TPSA) is 18.5 Å². The second-order valence-electron chi connectivity index (χ2n) is 2.50. The summed E-state index contributed by atoms with van der Waals surface area (Å²) in [6, 6.07) is 0. The number of hydrogen-bond acceptors (Lipinski definition) is 2. The summed E-state index contributed by atoms with van der Waals surface area (Å²) >= 11 is 0. The van der Waals surface area contributed by atoms with E-state index in [2.05, 4.69) is 13.8 Å². The van der Waals surface area contributed by atoms with Crippen molar-refractivity contribution in [1.82, 2.24) is 0 Å². The number of ether oxygens (including phenoxy) is 2. The van der Waals surface area contributed by atoms with Gasteiger partial charge >= 0.3 is 0 Å². The van der Waals surface area contributed by atoms with E-state index in [1.54, 1.807) is 0 Å². The minimum atomic E-state index is 0.0556. The highest BCUT2D eigenvalue weighted by Gasteiger charge is 2.31. The molecule has 0 aliphatic carbocycles. The maximum Gasteiger partial charge on any atom is 0.147 e. The van der Waals surface area contributed by atoms with Gasteiger partial charge in [0.2, 0.25) is 0 Å². The maximum absolute atomic E-state index is 5.42. The van der Waals surface area contributed by atoms with Crippen molar-refractivity contribution in [3.05, 3.63) is 0 Å². The van der Waals surface area contributed by atoms with Crippen LogP contribution in [-0.4, -0.2) is 19.0 Å². The molecule has 1 aliphatic heterocycles. The van der Waals surface area contributed by atoms with Gasteiger partial charge in [0, 0.05) is 0 Å². The Morgan fingerprint density at radius 1 is 1.33 bits per heavy atom. The molecule has 0 bridgehead atoms. The van der Waals surface area contributed by atoms with Crippen molar-refractivity contribution in [1.29, 1.82) is 0 Å². The van der Waals surface area contributed by atoms with Crippen molar-refractivity contribution >= 4 is 0 Å². The molecule has 1 heterocycles. The molecule has 2 nitrogen and oxygen atoms in total. The monoisotopic (exact) mass is 130 g/mol. The lowest BCUT2D eigenvalue weighted by molar-refractivity contribution is -0.0128. The molecular formula is C7H14O2.